The number of nitrogens with zero attached hydrogens (tertiary/aromatic N) is 1. The van der Waals surface area contributed by atoms with E-state index in [1.165, 1.54) is 6.07 Å². The lowest BCUT2D eigenvalue weighted by atomic mass is 10.2. The number of imide groups is 1. The quantitative estimate of drug-likeness (QED) is 0.831. The van der Waals surface area contributed by atoms with E-state index in [0.29, 0.717) is 16.9 Å². The largest absolute Gasteiger partial charge is 0.373 e. The molecule has 0 radical (unpaired) electrons. The van der Waals surface area contributed by atoms with Gasteiger partial charge in [0.1, 0.15) is 11.9 Å². The Morgan fingerprint density at radius 2 is 1.87 bits per heavy atom. The summed E-state index contributed by atoms with van der Waals surface area (Å²) in [6, 6.07) is 10.9. The van der Waals surface area contributed by atoms with Crippen LogP contribution in [0.4, 0.5) is 15.8 Å². The van der Waals surface area contributed by atoms with E-state index >= 15 is 0 Å². The Morgan fingerprint density at radius 1 is 1.17 bits per heavy atom. The summed E-state index contributed by atoms with van der Waals surface area (Å²) < 4.78 is 14.5. The molecule has 2 aromatic carbocycles. The van der Waals surface area contributed by atoms with E-state index in [1.807, 2.05) is 0 Å². The van der Waals surface area contributed by atoms with Gasteiger partial charge in [-0.05, 0) is 48.9 Å². The summed E-state index contributed by atoms with van der Waals surface area (Å²) in [5, 5.41) is 2.94. The van der Waals surface area contributed by atoms with E-state index in [1.54, 1.807) is 43.3 Å². The molecule has 2 aromatic rings. The first-order chi connectivity index (χ1) is 11.0. The highest BCUT2D eigenvalue weighted by atomic mass is 79.9. The van der Waals surface area contributed by atoms with Crippen molar-refractivity contribution in [2.75, 3.05) is 10.2 Å². The number of hydrogen-bond acceptors (Lipinski definition) is 3. The molecule has 0 aromatic heterocycles. The SMILES string of the molecule is Cc1ccc(N[C@@H]2CC(=O)N(c3ccc(Br)cc3)C2=O)cc1F. The normalized spacial score (nSPS) is 17.7. The Balaban J connectivity index is 1.80. The number of carbonyl (C=O) groups excluding carboxylic acids is 2. The third-order valence-electron chi connectivity index (χ3n) is 3.74. The molecule has 0 bridgehead atoms. The minimum absolute atomic E-state index is 0.0460. The number of benzene rings is 2. The van der Waals surface area contributed by atoms with Crippen LogP contribution in [-0.4, -0.2) is 17.9 Å². The number of halogens is 2. The van der Waals surface area contributed by atoms with Gasteiger partial charge in [0.15, 0.2) is 0 Å². The van der Waals surface area contributed by atoms with Crippen molar-refractivity contribution in [3.8, 4) is 0 Å². The molecule has 6 heteroatoms. The van der Waals surface area contributed by atoms with Crippen LogP contribution < -0.4 is 10.2 Å². The van der Waals surface area contributed by atoms with Crippen LogP contribution in [0.5, 0.6) is 0 Å². The fraction of sp³-hybridized carbons (Fsp3) is 0.176. The Labute approximate surface area is 141 Å². The molecule has 1 saturated heterocycles. The van der Waals surface area contributed by atoms with Crippen molar-refractivity contribution in [2.24, 2.45) is 0 Å². The summed E-state index contributed by atoms with van der Waals surface area (Å²) in [5.74, 6) is -0.961. The van der Waals surface area contributed by atoms with Gasteiger partial charge in [0, 0.05) is 10.2 Å². The lowest BCUT2D eigenvalue weighted by Crippen LogP contribution is -2.34. The maximum atomic E-state index is 13.6. The number of amides is 2. The van der Waals surface area contributed by atoms with Crippen LogP contribution >= 0.6 is 15.9 Å². The molecular formula is C17H14BrFN2O2. The predicted molar refractivity (Wildman–Crippen MR) is 89.8 cm³/mol. The van der Waals surface area contributed by atoms with Gasteiger partial charge >= 0.3 is 0 Å². The molecule has 0 saturated carbocycles. The summed E-state index contributed by atoms with van der Waals surface area (Å²) in [6.07, 6.45) is 0.0460. The molecule has 1 fully saturated rings. The lowest BCUT2D eigenvalue weighted by Gasteiger charge is -2.16. The molecule has 118 valence electrons. The van der Waals surface area contributed by atoms with Crippen molar-refractivity contribution < 1.29 is 14.0 Å². The molecule has 1 aliphatic heterocycles. The molecule has 1 heterocycles. The lowest BCUT2D eigenvalue weighted by molar-refractivity contribution is -0.121. The molecule has 2 amide bonds. The van der Waals surface area contributed by atoms with Crippen LogP contribution in [0.1, 0.15) is 12.0 Å². The maximum Gasteiger partial charge on any atom is 0.256 e. The second kappa shape index (κ2) is 6.12. The van der Waals surface area contributed by atoms with Crippen LogP contribution in [0.25, 0.3) is 0 Å². The van der Waals surface area contributed by atoms with E-state index in [-0.39, 0.29) is 24.1 Å². The van der Waals surface area contributed by atoms with Gasteiger partial charge in [-0.1, -0.05) is 22.0 Å². The summed E-state index contributed by atoms with van der Waals surface area (Å²) in [7, 11) is 0. The molecular weight excluding hydrogens is 363 g/mol. The van der Waals surface area contributed by atoms with E-state index in [9.17, 15) is 14.0 Å². The topological polar surface area (TPSA) is 49.4 Å². The first-order valence-corrected chi connectivity index (χ1v) is 7.90. The number of carbonyl (C=O) groups is 2. The number of rotatable bonds is 3. The Bertz CT molecular complexity index is 777. The first kappa shape index (κ1) is 15.7. The van der Waals surface area contributed by atoms with Gasteiger partial charge in [-0.15, -0.1) is 0 Å². The second-order valence-corrected chi connectivity index (χ2v) is 6.32. The molecule has 4 nitrogen and oxygen atoms in total. The van der Waals surface area contributed by atoms with Gasteiger partial charge in [-0.25, -0.2) is 9.29 Å². The van der Waals surface area contributed by atoms with Gasteiger partial charge in [0.2, 0.25) is 5.91 Å². The average molecular weight is 377 g/mol. The summed E-state index contributed by atoms with van der Waals surface area (Å²) in [5.41, 5.74) is 1.54. The number of nitrogens with one attached hydrogen (secondary N) is 1. The monoisotopic (exact) mass is 376 g/mol. The maximum absolute atomic E-state index is 13.6. The molecule has 0 unspecified atom stereocenters. The van der Waals surface area contributed by atoms with Crippen molar-refractivity contribution in [1.29, 1.82) is 0 Å². The van der Waals surface area contributed by atoms with Crippen molar-refractivity contribution in [2.45, 2.75) is 19.4 Å². The molecule has 1 atom stereocenters. The Morgan fingerprint density at radius 3 is 2.52 bits per heavy atom. The third-order valence-corrected chi connectivity index (χ3v) is 4.27. The van der Waals surface area contributed by atoms with Gasteiger partial charge in [-0.2, -0.15) is 0 Å². The minimum atomic E-state index is -0.687. The number of aryl methyl sites for hydroxylation is 1. The van der Waals surface area contributed by atoms with Crippen LogP contribution in [-0.2, 0) is 9.59 Å². The van der Waals surface area contributed by atoms with E-state index < -0.39 is 6.04 Å². The van der Waals surface area contributed by atoms with Crippen molar-refractivity contribution in [3.05, 3.63) is 58.3 Å². The first-order valence-electron chi connectivity index (χ1n) is 7.11. The second-order valence-electron chi connectivity index (χ2n) is 5.41. The summed E-state index contributed by atoms with van der Waals surface area (Å²) in [6.45, 7) is 1.67. The van der Waals surface area contributed by atoms with Crippen molar-refractivity contribution in [3.63, 3.8) is 0 Å². The molecule has 0 spiro atoms. The highest BCUT2D eigenvalue weighted by molar-refractivity contribution is 9.10. The zero-order valence-corrected chi connectivity index (χ0v) is 13.9. The Hall–Kier alpha value is -2.21. The summed E-state index contributed by atoms with van der Waals surface area (Å²) >= 11 is 3.32. The minimum Gasteiger partial charge on any atom is -0.373 e. The molecule has 1 aliphatic rings. The highest BCUT2D eigenvalue weighted by Crippen LogP contribution is 2.26. The zero-order chi connectivity index (χ0) is 16.6. The van der Waals surface area contributed by atoms with Crippen LogP contribution in [0.3, 0.4) is 0 Å². The van der Waals surface area contributed by atoms with Crippen molar-refractivity contribution in [1.82, 2.24) is 0 Å². The van der Waals surface area contributed by atoms with Gasteiger partial charge in [0.05, 0.1) is 12.1 Å². The molecule has 23 heavy (non-hydrogen) atoms. The average Bonchev–Trinajstić information content (AvgIpc) is 2.79. The van der Waals surface area contributed by atoms with Crippen LogP contribution in [0, 0.1) is 12.7 Å². The highest BCUT2D eigenvalue weighted by Gasteiger charge is 2.39. The number of hydrogen-bond donors (Lipinski definition) is 1. The standard InChI is InChI=1S/C17H14BrFN2O2/c1-10-2-5-12(8-14(10)19)20-15-9-16(22)21(17(15)23)13-6-3-11(18)4-7-13/h2-8,15,20H,9H2,1H3/t15-/m1/s1. The van der Waals surface area contributed by atoms with Crippen LogP contribution in [0.2, 0.25) is 0 Å². The fourth-order valence-electron chi connectivity index (χ4n) is 2.49. The van der Waals surface area contributed by atoms with Crippen molar-refractivity contribution >= 4 is 39.1 Å². The zero-order valence-electron chi connectivity index (χ0n) is 12.3. The van der Waals surface area contributed by atoms with Gasteiger partial charge in [0.25, 0.3) is 5.91 Å². The third kappa shape index (κ3) is 3.12. The molecule has 0 aliphatic carbocycles. The smallest absolute Gasteiger partial charge is 0.256 e. The number of anilines is 2. The van der Waals surface area contributed by atoms with E-state index in [2.05, 4.69) is 21.2 Å². The van der Waals surface area contributed by atoms with Crippen LogP contribution in [0.15, 0.2) is 46.9 Å². The van der Waals surface area contributed by atoms with Gasteiger partial charge < -0.3 is 5.32 Å². The predicted octanol–water partition coefficient (Wildman–Crippen LogP) is 3.64. The van der Waals surface area contributed by atoms with E-state index in [0.717, 1.165) is 9.37 Å². The molecule has 1 N–H and O–H groups in total. The van der Waals surface area contributed by atoms with Gasteiger partial charge in [-0.3, -0.25) is 9.59 Å². The Kier molecular flexibility index (Phi) is 4.17. The summed E-state index contributed by atoms with van der Waals surface area (Å²) in [4.78, 5) is 25.8. The molecule has 3 rings (SSSR count). The fourth-order valence-corrected chi connectivity index (χ4v) is 2.75. The van der Waals surface area contributed by atoms with E-state index in [4.69, 9.17) is 0 Å².